The van der Waals surface area contributed by atoms with Gasteiger partial charge in [0.2, 0.25) is 5.91 Å². The molecule has 3 unspecified atom stereocenters. The van der Waals surface area contributed by atoms with Crippen LogP contribution in [-0.2, 0) is 9.59 Å². The van der Waals surface area contributed by atoms with Gasteiger partial charge in [0.1, 0.15) is 6.04 Å². The third kappa shape index (κ3) is 5.06. The van der Waals surface area contributed by atoms with Crippen LogP contribution in [0, 0.1) is 17.8 Å². The highest BCUT2D eigenvalue weighted by Crippen LogP contribution is 2.32. The maximum atomic E-state index is 13.3. The van der Waals surface area contributed by atoms with E-state index in [1.54, 1.807) is 0 Å². The maximum absolute atomic E-state index is 13.3. The largest absolute Gasteiger partial charge is 0.338 e. The molecule has 0 aromatic carbocycles. The van der Waals surface area contributed by atoms with Gasteiger partial charge in [-0.1, -0.05) is 33.1 Å². The van der Waals surface area contributed by atoms with Crippen molar-refractivity contribution in [3.63, 3.8) is 0 Å². The first-order valence-electron chi connectivity index (χ1n) is 11.3. The molecule has 158 valence electrons. The van der Waals surface area contributed by atoms with Crippen LogP contribution in [0.5, 0.6) is 0 Å². The summed E-state index contributed by atoms with van der Waals surface area (Å²) >= 11 is 0. The number of hydrogen-bond acceptors (Lipinski definition) is 3. The molecule has 0 aromatic rings. The normalized spacial score (nSPS) is 25.4. The fourth-order valence-corrected chi connectivity index (χ4v) is 4.80. The van der Waals surface area contributed by atoms with E-state index in [2.05, 4.69) is 17.6 Å². The van der Waals surface area contributed by atoms with E-state index in [0.29, 0.717) is 0 Å². The lowest BCUT2D eigenvalue weighted by atomic mass is 9.83. The SMILES string of the molecule is CC(C)C(NC(=O)NC(C(=O)N1CCCC1C)C1CCCCC1)C(=O)C1CC1. The predicted octanol–water partition coefficient (Wildman–Crippen LogP) is 3.25. The second-order valence-corrected chi connectivity index (χ2v) is 9.41. The van der Waals surface area contributed by atoms with Crippen LogP contribution in [0.25, 0.3) is 0 Å². The molecule has 0 bridgehead atoms. The van der Waals surface area contributed by atoms with Crippen molar-refractivity contribution in [2.75, 3.05) is 6.54 Å². The van der Waals surface area contributed by atoms with Crippen LogP contribution in [0.3, 0.4) is 0 Å². The van der Waals surface area contributed by atoms with Crippen LogP contribution in [0.15, 0.2) is 0 Å². The molecule has 2 saturated carbocycles. The average Bonchev–Trinajstić information content (AvgIpc) is 3.44. The Bertz CT molecular complexity index is 582. The van der Waals surface area contributed by atoms with Crippen LogP contribution in [0.2, 0.25) is 0 Å². The number of nitrogens with zero attached hydrogens (tertiary/aromatic N) is 1. The summed E-state index contributed by atoms with van der Waals surface area (Å²) in [5, 5.41) is 5.88. The number of hydrogen-bond donors (Lipinski definition) is 2. The molecule has 1 heterocycles. The van der Waals surface area contributed by atoms with Gasteiger partial charge < -0.3 is 15.5 Å². The van der Waals surface area contributed by atoms with Crippen LogP contribution < -0.4 is 10.6 Å². The van der Waals surface area contributed by atoms with Crippen molar-refractivity contribution >= 4 is 17.7 Å². The average molecular weight is 392 g/mol. The van der Waals surface area contributed by atoms with Gasteiger partial charge in [0.05, 0.1) is 6.04 Å². The van der Waals surface area contributed by atoms with E-state index in [9.17, 15) is 14.4 Å². The molecular formula is C22H37N3O3. The van der Waals surface area contributed by atoms with Crippen LogP contribution in [0.4, 0.5) is 4.79 Å². The number of likely N-dealkylation sites (tertiary alicyclic amines) is 1. The standard InChI is InChI=1S/C22H37N3O3/c1-14(2)18(20(26)17-11-12-17)23-22(28)24-19(16-9-5-4-6-10-16)21(27)25-13-7-8-15(25)3/h14-19H,4-13H2,1-3H3,(H2,23,24,28). The minimum Gasteiger partial charge on any atom is -0.338 e. The van der Waals surface area contributed by atoms with Crippen molar-refractivity contribution < 1.29 is 14.4 Å². The summed E-state index contributed by atoms with van der Waals surface area (Å²) in [5.41, 5.74) is 0. The lowest BCUT2D eigenvalue weighted by molar-refractivity contribution is -0.135. The first kappa shape index (κ1) is 21.1. The summed E-state index contributed by atoms with van der Waals surface area (Å²) in [6, 6.07) is -1.09. The van der Waals surface area contributed by atoms with Crippen molar-refractivity contribution in [2.24, 2.45) is 17.8 Å². The van der Waals surface area contributed by atoms with Gasteiger partial charge in [-0.2, -0.15) is 0 Å². The number of urea groups is 1. The van der Waals surface area contributed by atoms with Crippen molar-refractivity contribution in [3.05, 3.63) is 0 Å². The zero-order valence-electron chi connectivity index (χ0n) is 17.7. The minimum absolute atomic E-state index is 0.0429. The summed E-state index contributed by atoms with van der Waals surface area (Å²) < 4.78 is 0. The summed E-state index contributed by atoms with van der Waals surface area (Å²) in [4.78, 5) is 40.6. The van der Waals surface area contributed by atoms with Gasteiger partial charge in [-0.3, -0.25) is 9.59 Å². The first-order chi connectivity index (χ1) is 13.4. The van der Waals surface area contributed by atoms with Gasteiger partial charge in [0.15, 0.2) is 5.78 Å². The van der Waals surface area contributed by atoms with E-state index >= 15 is 0 Å². The van der Waals surface area contributed by atoms with E-state index < -0.39 is 12.1 Å². The zero-order valence-corrected chi connectivity index (χ0v) is 17.7. The Kier molecular flexibility index (Phi) is 7.00. The highest BCUT2D eigenvalue weighted by atomic mass is 16.2. The predicted molar refractivity (Wildman–Crippen MR) is 109 cm³/mol. The molecule has 1 saturated heterocycles. The summed E-state index contributed by atoms with van der Waals surface area (Å²) in [6.07, 6.45) is 9.31. The second-order valence-electron chi connectivity index (χ2n) is 9.41. The number of ketones is 1. The number of carbonyl (C=O) groups excluding carboxylic acids is 3. The Balaban J connectivity index is 1.67. The fourth-order valence-electron chi connectivity index (χ4n) is 4.80. The van der Waals surface area contributed by atoms with Crippen LogP contribution in [0.1, 0.15) is 78.6 Å². The summed E-state index contributed by atoms with van der Waals surface area (Å²) in [7, 11) is 0. The fraction of sp³-hybridized carbons (Fsp3) is 0.864. The monoisotopic (exact) mass is 391 g/mol. The van der Waals surface area contributed by atoms with E-state index in [4.69, 9.17) is 0 Å². The molecule has 3 fully saturated rings. The van der Waals surface area contributed by atoms with Crippen LogP contribution >= 0.6 is 0 Å². The molecule has 2 N–H and O–H groups in total. The zero-order chi connectivity index (χ0) is 20.3. The third-order valence-electron chi connectivity index (χ3n) is 6.75. The number of nitrogens with one attached hydrogen (secondary N) is 2. The van der Waals surface area contributed by atoms with Gasteiger partial charge in [-0.25, -0.2) is 4.79 Å². The van der Waals surface area contributed by atoms with Gasteiger partial charge in [0.25, 0.3) is 0 Å². The molecule has 3 aliphatic rings. The van der Waals surface area contributed by atoms with Gasteiger partial charge in [-0.15, -0.1) is 0 Å². The number of Topliss-reactive ketones (excluding diaryl/α,β-unsaturated/α-hetero) is 1. The molecule has 3 atom stereocenters. The molecular weight excluding hydrogens is 354 g/mol. The quantitative estimate of drug-likeness (QED) is 0.699. The van der Waals surface area contributed by atoms with E-state index in [-0.39, 0.29) is 41.5 Å². The molecule has 3 rings (SSSR count). The minimum atomic E-state index is -0.482. The molecule has 0 aromatic heterocycles. The van der Waals surface area contributed by atoms with Crippen molar-refractivity contribution in [1.82, 2.24) is 15.5 Å². The van der Waals surface area contributed by atoms with Gasteiger partial charge in [0, 0.05) is 18.5 Å². The smallest absolute Gasteiger partial charge is 0.316 e. The molecule has 28 heavy (non-hydrogen) atoms. The molecule has 0 spiro atoms. The van der Waals surface area contributed by atoms with Crippen LogP contribution in [-0.4, -0.2) is 47.3 Å². The van der Waals surface area contributed by atoms with Gasteiger partial charge in [-0.05, 0) is 57.3 Å². The lowest BCUT2D eigenvalue weighted by Crippen LogP contribution is -2.58. The number of amides is 3. The topological polar surface area (TPSA) is 78.5 Å². The maximum Gasteiger partial charge on any atom is 0.316 e. The highest BCUT2D eigenvalue weighted by molar-refractivity contribution is 5.93. The summed E-state index contributed by atoms with van der Waals surface area (Å²) in [6.45, 7) is 6.79. The van der Waals surface area contributed by atoms with Crippen molar-refractivity contribution in [2.45, 2.75) is 96.7 Å². The molecule has 6 heteroatoms. The van der Waals surface area contributed by atoms with Crippen molar-refractivity contribution in [1.29, 1.82) is 0 Å². The Morgan fingerprint density at radius 3 is 2.11 bits per heavy atom. The lowest BCUT2D eigenvalue weighted by Gasteiger charge is -2.34. The molecule has 1 aliphatic heterocycles. The van der Waals surface area contributed by atoms with E-state index in [1.165, 1.54) is 6.42 Å². The second kappa shape index (κ2) is 9.27. The Morgan fingerprint density at radius 1 is 0.893 bits per heavy atom. The Labute approximate surface area is 169 Å². The molecule has 0 radical (unpaired) electrons. The number of carbonyl (C=O) groups is 3. The Morgan fingerprint density at radius 2 is 1.57 bits per heavy atom. The van der Waals surface area contributed by atoms with Gasteiger partial charge >= 0.3 is 6.03 Å². The van der Waals surface area contributed by atoms with E-state index in [0.717, 1.165) is 57.9 Å². The van der Waals surface area contributed by atoms with E-state index in [1.807, 2.05) is 18.7 Å². The molecule has 3 amide bonds. The van der Waals surface area contributed by atoms with Crippen molar-refractivity contribution in [3.8, 4) is 0 Å². The number of rotatable bonds is 7. The molecule has 6 nitrogen and oxygen atoms in total. The third-order valence-corrected chi connectivity index (χ3v) is 6.75. The molecule has 2 aliphatic carbocycles. The first-order valence-corrected chi connectivity index (χ1v) is 11.3. The Hall–Kier alpha value is -1.59. The summed E-state index contributed by atoms with van der Waals surface area (Å²) in [5.74, 6) is 0.534. The highest BCUT2D eigenvalue weighted by Gasteiger charge is 2.39.